The zero-order valence-corrected chi connectivity index (χ0v) is 12.9. The maximum absolute atomic E-state index is 12.4. The number of carbonyl (C=O) groups is 1. The molecule has 2 fully saturated rings. The van der Waals surface area contributed by atoms with E-state index in [0.29, 0.717) is 17.4 Å². The van der Waals surface area contributed by atoms with Crippen LogP contribution in [0.2, 0.25) is 0 Å². The maximum atomic E-state index is 12.4. The van der Waals surface area contributed by atoms with Crippen LogP contribution in [-0.4, -0.2) is 30.9 Å². The Bertz CT molecular complexity index is 585. The Hall–Kier alpha value is -1.75. The summed E-state index contributed by atoms with van der Waals surface area (Å²) in [5.41, 5.74) is 1.14. The van der Waals surface area contributed by atoms with Crippen molar-refractivity contribution in [2.45, 2.75) is 38.3 Å². The third kappa shape index (κ3) is 2.16. The third-order valence-electron chi connectivity index (χ3n) is 4.85. The van der Waals surface area contributed by atoms with E-state index in [9.17, 15) is 4.79 Å². The number of benzene rings is 1. The van der Waals surface area contributed by atoms with Crippen molar-refractivity contribution in [3.63, 3.8) is 0 Å². The standard InChI is InChI=1S/C16H22N2O3/c1-10-6-5-7-12(20-4)13(10)17-14(19)18-16-8-11(16)9-21-15(16,2)3/h5-7,11H,8-9H2,1-4H3,(H2,17,18,19). The van der Waals surface area contributed by atoms with Crippen LogP contribution in [0.15, 0.2) is 18.2 Å². The summed E-state index contributed by atoms with van der Waals surface area (Å²) in [4.78, 5) is 12.4. The number of amides is 2. The van der Waals surface area contributed by atoms with Crippen molar-refractivity contribution in [2.24, 2.45) is 5.92 Å². The van der Waals surface area contributed by atoms with E-state index in [1.54, 1.807) is 7.11 Å². The molecule has 1 heterocycles. The Morgan fingerprint density at radius 1 is 1.43 bits per heavy atom. The normalized spacial score (nSPS) is 28.7. The third-order valence-corrected chi connectivity index (χ3v) is 4.85. The van der Waals surface area contributed by atoms with Crippen LogP contribution in [0.3, 0.4) is 0 Å². The van der Waals surface area contributed by atoms with Crippen LogP contribution >= 0.6 is 0 Å². The highest BCUT2D eigenvalue weighted by Gasteiger charge is 2.69. The SMILES string of the molecule is COc1cccc(C)c1NC(=O)NC12CC1COC2(C)C. The summed E-state index contributed by atoms with van der Waals surface area (Å²) in [6.07, 6.45) is 0.984. The van der Waals surface area contributed by atoms with Crippen molar-refractivity contribution in [1.29, 1.82) is 0 Å². The Labute approximate surface area is 125 Å². The second kappa shape index (κ2) is 4.63. The van der Waals surface area contributed by atoms with Crippen LogP contribution in [0.1, 0.15) is 25.8 Å². The van der Waals surface area contributed by atoms with Gasteiger partial charge < -0.3 is 20.1 Å². The summed E-state index contributed by atoms with van der Waals surface area (Å²) >= 11 is 0. The van der Waals surface area contributed by atoms with Gasteiger partial charge in [0.05, 0.1) is 30.5 Å². The van der Waals surface area contributed by atoms with Gasteiger partial charge in [0.25, 0.3) is 0 Å². The Kier molecular flexibility index (Phi) is 3.13. The molecule has 5 nitrogen and oxygen atoms in total. The molecular formula is C16H22N2O3. The summed E-state index contributed by atoms with van der Waals surface area (Å²) in [5, 5.41) is 6.03. The predicted molar refractivity (Wildman–Crippen MR) is 80.8 cm³/mol. The predicted octanol–water partition coefficient (Wildman–Crippen LogP) is 2.69. The first kappa shape index (κ1) is 14.2. The van der Waals surface area contributed by atoms with Gasteiger partial charge in [-0.05, 0) is 38.8 Å². The number of urea groups is 1. The fraction of sp³-hybridized carbons (Fsp3) is 0.562. The van der Waals surface area contributed by atoms with Crippen LogP contribution in [0.25, 0.3) is 0 Å². The molecule has 0 aromatic heterocycles. The highest BCUT2D eigenvalue weighted by Crippen LogP contribution is 2.57. The number of carbonyl (C=O) groups excluding carboxylic acids is 1. The van der Waals surface area contributed by atoms with Crippen molar-refractivity contribution >= 4 is 11.7 Å². The molecule has 1 aromatic rings. The number of hydrogen-bond donors (Lipinski definition) is 2. The van der Waals surface area contributed by atoms with E-state index in [1.165, 1.54) is 0 Å². The first-order chi connectivity index (χ1) is 9.89. The summed E-state index contributed by atoms with van der Waals surface area (Å²) in [7, 11) is 1.60. The topological polar surface area (TPSA) is 59.6 Å². The number of nitrogens with one attached hydrogen (secondary N) is 2. The van der Waals surface area contributed by atoms with Crippen LogP contribution in [0.5, 0.6) is 5.75 Å². The largest absolute Gasteiger partial charge is 0.495 e. The van der Waals surface area contributed by atoms with Crippen LogP contribution in [-0.2, 0) is 4.74 Å². The van der Waals surface area contributed by atoms with E-state index < -0.39 is 0 Å². The van der Waals surface area contributed by atoms with Gasteiger partial charge >= 0.3 is 6.03 Å². The monoisotopic (exact) mass is 290 g/mol. The van der Waals surface area contributed by atoms with Gasteiger partial charge in [-0.15, -0.1) is 0 Å². The highest BCUT2D eigenvalue weighted by molar-refractivity contribution is 5.92. The minimum Gasteiger partial charge on any atom is -0.495 e. The molecule has 21 heavy (non-hydrogen) atoms. The second-order valence-electron chi connectivity index (χ2n) is 6.43. The molecule has 1 aromatic carbocycles. The average molecular weight is 290 g/mol. The molecule has 0 bridgehead atoms. The van der Waals surface area contributed by atoms with Gasteiger partial charge in [-0.2, -0.15) is 0 Å². The maximum Gasteiger partial charge on any atom is 0.319 e. The first-order valence-corrected chi connectivity index (χ1v) is 7.26. The summed E-state index contributed by atoms with van der Waals surface area (Å²) in [5.74, 6) is 1.09. The lowest BCUT2D eigenvalue weighted by Crippen LogP contribution is -2.52. The van der Waals surface area contributed by atoms with Gasteiger partial charge in [0, 0.05) is 5.92 Å². The quantitative estimate of drug-likeness (QED) is 0.900. The minimum atomic E-state index is -0.315. The fourth-order valence-electron chi connectivity index (χ4n) is 3.33. The van der Waals surface area contributed by atoms with Crippen LogP contribution in [0, 0.1) is 12.8 Å². The van der Waals surface area contributed by atoms with E-state index in [1.807, 2.05) is 39.0 Å². The van der Waals surface area contributed by atoms with Crippen LogP contribution in [0.4, 0.5) is 10.5 Å². The number of aryl methyl sites for hydroxylation is 1. The molecule has 1 saturated carbocycles. The molecular weight excluding hydrogens is 268 g/mol. The number of hydrogen-bond acceptors (Lipinski definition) is 3. The van der Waals surface area contributed by atoms with Crippen molar-refractivity contribution in [2.75, 3.05) is 19.0 Å². The molecule has 2 N–H and O–H groups in total. The fourth-order valence-corrected chi connectivity index (χ4v) is 3.33. The molecule has 2 amide bonds. The van der Waals surface area contributed by atoms with Gasteiger partial charge in [-0.1, -0.05) is 12.1 Å². The summed E-state index contributed by atoms with van der Waals surface area (Å²) in [6.45, 7) is 6.74. The number of anilines is 1. The molecule has 0 spiro atoms. The molecule has 2 unspecified atom stereocenters. The lowest BCUT2D eigenvalue weighted by atomic mass is 9.96. The van der Waals surface area contributed by atoms with Crippen LogP contribution < -0.4 is 15.4 Å². The lowest BCUT2D eigenvalue weighted by Gasteiger charge is -2.31. The Morgan fingerprint density at radius 2 is 2.19 bits per heavy atom. The van der Waals surface area contributed by atoms with Crippen molar-refractivity contribution in [3.05, 3.63) is 23.8 Å². The molecule has 2 aliphatic rings. The van der Waals surface area contributed by atoms with Gasteiger partial charge in [0.15, 0.2) is 0 Å². The van der Waals surface area contributed by atoms with Crippen molar-refractivity contribution < 1.29 is 14.3 Å². The van der Waals surface area contributed by atoms with E-state index in [-0.39, 0.29) is 17.2 Å². The van der Waals surface area contributed by atoms with Gasteiger partial charge in [-0.3, -0.25) is 0 Å². The zero-order valence-electron chi connectivity index (χ0n) is 12.9. The number of fused-ring (bicyclic) bond motifs is 1. The molecule has 5 heteroatoms. The smallest absolute Gasteiger partial charge is 0.319 e. The Balaban J connectivity index is 1.74. The molecule has 0 radical (unpaired) electrons. The number of ether oxygens (including phenoxy) is 2. The van der Waals surface area contributed by atoms with E-state index in [2.05, 4.69) is 10.6 Å². The second-order valence-corrected chi connectivity index (χ2v) is 6.43. The van der Waals surface area contributed by atoms with E-state index >= 15 is 0 Å². The van der Waals surface area contributed by atoms with Gasteiger partial charge in [-0.25, -0.2) is 4.79 Å². The summed E-state index contributed by atoms with van der Waals surface area (Å²) < 4.78 is 11.1. The zero-order chi connectivity index (χ0) is 15.3. The number of methoxy groups -OCH3 is 1. The average Bonchev–Trinajstić information content (AvgIpc) is 3.08. The van der Waals surface area contributed by atoms with Crippen molar-refractivity contribution in [1.82, 2.24) is 5.32 Å². The highest BCUT2D eigenvalue weighted by atomic mass is 16.5. The van der Waals surface area contributed by atoms with E-state index in [4.69, 9.17) is 9.47 Å². The minimum absolute atomic E-state index is 0.205. The van der Waals surface area contributed by atoms with E-state index in [0.717, 1.165) is 18.6 Å². The summed E-state index contributed by atoms with van der Waals surface area (Å²) in [6, 6.07) is 5.48. The molecule has 1 saturated heterocycles. The molecule has 114 valence electrons. The first-order valence-electron chi connectivity index (χ1n) is 7.26. The molecule has 1 aliphatic heterocycles. The number of para-hydroxylation sites is 1. The van der Waals surface area contributed by atoms with Crippen molar-refractivity contribution in [3.8, 4) is 5.75 Å². The van der Waals surface area contributed by atoms with Gasteiger partial charge in [0.2, 0.25) is 0 Å². The molecule has 1 aliphatic carbocycles. The number of rotatable bonds is 3. The van der Waals surface area contributed by atoms with Gasteiger partial charge in [0.1, 0.15) is 5.75 Å². The Morgan fingerprint density at radius 3 is 2.76 bits per heavy atom. The lowest BCUT2D eigenvalue weighted by molar-refractivity contribution is -0.00667. The molecule has 2 atom stereocenters. The molecule has 3 rings (SSSR count).